The van der Waals surface area contributed by atoms with E-state index in [0.29, 0.717) is 36.4 Å². The molecule has 0 aromatic carbocycles. The minimum atomic E-state index is -0.418. The third-order valence-electron chi connectivity index (χ3n) is 10.9. The van der Waals surface area contributed by atoms with Crippen LogP contribution in [0.2, 0.25) is 0 Å². The van der Waals surface area contributed by atoms with Crippen molar-refractivity contribution in [1.82, 2.24) is 0 Å². The van der Waals surface area contributed by atoms with Crippen LogP contribution in [0, 0.1) is 52.3 Å². The van der Waals surface area contributed by atoms with E-state index in [-0.39, 0.29) is 52.5 Å². The fourth-order valence-electron chi connectivity index (χ4n) is 9.65. The maximum atomic E-state index is 13.4. The summed E-state index contributed by atoms with van der Waals surface area (Å²) in [6.45, 7) is 10.7. The van der Waals surface area contributed by atoms with Gasteiger partial charge in [0.1, 0.15) is 11.9 Å². The van der Waals surface area contributed by atoms with E-state index in [9.17, 15) is 19.8 Å². The van der Waals surface area contributed by atoms with Gasteiger partial charge in [-0.05, 0) is 78.9 Å². The SMILES string of the molecule is CC(C)C(=O)C1C[C@@H](C)[C@H]2[C@H](C[C@H]3[C@@H]4CC(=O)[C@H]5C[C@@H](O)CC[C@]5(C)[C@H]4[C@H](O)C[C@]23C)O1. The third-order valence-corrected chi connectivity index (χ3v) is 10.9. The van der Waals surface area contributed by atoms with Crippen LogP contribution < -0.4 is 0 Å². The van der Waals surface area contributed by atoms with Crippen LogP contribution >= 0.6 is 0 Å². The van der Waals surface area contributed by atoms with Gasteiger partial charge in [-0.1, -0.05) is 34.6 Å². The van der Waals surface area contributed by atoms with Crippen LogP contribution in [0.1, 0.15) is 79.6 Å². The monoisotopic (exact) mass is 446 g/mol. The molecule has 180 valence electrons. The van der Waals surface area contributed by atoms with Crippen LogP contribution in [0.4, 0.5) is 0 Å². The molecule has 4 saturated carbocycles. The molecule has 1 unspecified atom stereocenters. The number of rotatable bonds is 2. The molecule has 0 aromatic rings. The number of carbonyl (C=O) groups is 2. The zero-order valence-corrected chi connectivity index (χ0v) is 20.4. The highest BCUT2D eigenvalue weighted by Crippen LogP contribution is 2.68. The normalized spacial score (nSPS) is 55.1. The van der Waals surface area contributed by atoms with Gasteiger partial charge in [0.2, 0.25) is 0 Å². The Morgan fingerprint density at radius 1 is 1.09 bits per heavy atom. The van der Waals surface area contributed by atoms with Gasteiger partial charge in [-0.3, -0.25) is 9.59 Å². The quantitative estimate of drug-likeness (QED) is 0.674. The first-order valence-corrected chi connectivity index (χ1v) is 13.1. The Balaban J connectivity index is 1.47. The molecular formula is C27H42O5. The molecule has 12 atom stereocenters. The molecule has 5 nitrogen and oxygen atoms in total. The Bertz CT molecular complexity index is 793. The van der Waals surface area contributed by atoms with Crippen LogP contribution in [0.5, 0.6) is 0 Å². The average Bonchev–Trinajstić information content (AvgIpc) is 3.01. The van der Waals surface area contributed by atoms with E-state index in [2.05, 4.69) is 20.8 Å². The lowest BCUT2D eigenvalue weighted by molar-refractivity contribution is -0.188. The second kappa shape index (κ2) is 7.61. The molecule has 0 amide bonds. The lowest BCUT2D eigenvalue weighted by Crippen LogP contribution is -2.61. The molecule has 1 heterocycles. The maximum Gasteiger partial charge on any atom is 0.164 e. The van der Waals surface area contributed by atoms with Gasteiger partial charge < -0.3 is 14.9 Å². The first-order valence-electron chi connectivity index (χ1n) is 13.1. The molecule has 4 aliphatic carbocycles. The zero-order valence-electron chi connectivity index (χ0n) is 20.4. The highest BCUT2D eigenvalue weighted by atomic mass is 16.5. The second-order valence-corrected chi connectivity index (χ2v) is 12.9. The van der Waals surface area contributed by atoms with E-state index < -0.39 is 12.2 Å². The molecule has 1 saturated heterocycles. The molecule has 0 radical (unpaired) electrons. The summed E-state index contributed by atoms with van der Waals surface area (Å²) in [4.78, 5) is 26.1. The number of ketones is 2. The smallest absolute Gasteiger partial charge is 0.164 e. The summed E-state index contributed by atoms with van der Waals surface area (Å²) in [6, 6.07) is 0. The molecule has 0 aromatic heterocycles. The molecule has 0 spiro atoms. The van der Waals surface area contributed by atoms with Crippen molar-refractivity contribution in [1.29, 1.82) is 0 Å². The van der Waals surface area contributed by atoms with Crippen molar-refractivity contribution in [2.75, 3.05) is 0 Å². The molecule has 5 aliphatic rings. The molecule has 1 aliphatic heterocycles. The lowest BCUT2D eigenvalue weighted by Gasteiger charge is -2.62. The van der Waals surface area contributed by atoms with Gasteiger partial charge in [0.25, 0.3) is 0 Å². The van der Waals surface area contributed by atoms with Crippen LogP contribution in [0.25, 0.3) is 0 Å². The Morgan fingerprint density at radius 3 is 2.50 bits per heavy atom. The van der Waals surface area contributed by atoms with Crippen molar-refractivity contribution in [2.45, 2.75) is 104 Å². The molecule has 5 fully saturated rings. The van der Waals surface area contributed by atoms with E-state index in [0.717, 1.165) is 32.1 Å². The first-order chi connectivity index (χ1) is 15.0. The highest BCUT2D eigenvalue weighted by molar-refractivity contribution is 5.85. The van der Waals surface area contributed by atoms with Crippen molar-refractivity contribution >= 4 is 11.6 Å². The number of fused-ring (bicyclic) bond motifs is 7. The first kappa shape index (κ1) is 23.0. The Morgan fingerprint density at radius 2 is 1.81 bits per heavy atom. The van der Waals surface area contributed by atoms with Gasteiger partial charge in [-0.2, -0.15) is 0 Å². The van der Waals surface area contributed by atoms with Crippen molar-refractivity contribution < 1.29 is 24.5 Å². The summed E-state index contributed by atoms with van der Waals surface area (Å²) in [5.41, 5.74) is -0.287. The number of hydrogen-bond donors (Lipinski definition) is 2. The molecule has 32 heavy (non-hydrogen) atoms. The number of aliphatic hydroxyl groups is 2. The number of Topliss-reactive ketones (excluding diaryl/α,β-unsaturated/α-hetero) is 2. The zero-order chi connectivity index (χ0) is 23.2. The Kier molecular flexibility index (Phi) is 5.47. The lowest BCUT2D eigenvalue weighted by atomic mass is 9.43. The minimum Gasteiger partial charge on any atom is -0.393 e. The fraction of sp³-hybridized carbons (Fsp3) is 0.926. The molecule has 0 bridgehead atoms. The number of aliphatic hydroxyl groups excluding tert-OH is 2. The van der Waals surface area contributed by atoms with Crippen LogP contribution in [-0.4, -0.2) is 46.2 Å². The minimum absolute atomic E-state index is 0.0243. The summed E-state index contributed by atoms with van der Waals surface area (Å²) >= 11 is 0. The molecule has 5 rings (SSSR count). The summed E-state index contributed by atoms with van der Waals surface area (Å²) in [5, 5.41) is 21.8. The van der Waals surface area contributed by atoms with Crippen LogP contribution in [-0.2, 0) is 14.3 Å². The van der Waals surface area contributed by atoms with Gasteiger partial charge in [0.05, 0.1) is 18.3 Å². The molecule has 2 N–H and O–H groups in total. The van der Waals surface area contributed by atoms with E-state index >= 15 is 0 Å². The van der Waals surface area contributed by atoms with Crippen molar-refractivity contribution in [3.05, 3.63) is 0 Å². The van der Waals surface area contributed by atoms with Gasteiger partial charge in [-0.15, -0.1) is 0 Å². The van der Waals surface area contributed by atoms with Gasteiger partial charge in [0.15, 0.2) is 5.78 Å². The topological polar surface area (TPSA) is 83.8 Å². The van der Waals surface area contributed by atoms with Crippen molar-refractivity contribution in [3.8, 4) is 0 Å². The van der Waals surface area contributed by atoms with Gasteiger partial charge in [0, 0.05) is 18.3 Å². The van der Waals surface area contributed by atoms with Gasteiger partial charge in [-0.25, -0.2) is 0 Å². The van der Waals surface area contributed by atoms with E-state index in [1.807, 2.05) is 13.8 Å². The fourth-order valence-corrected chi connectivity index (χ4v) is 9.65. The van der Waals surface area contributed by atoms with Gasteiger partial charge >= 0.3 is 0 Å². The Hall–Kier alpha value is -0.780. The van der Waals surface area contributed by atoms with E-state index in [1.165, 1.54) is 0 Å². The van der Waals surface area contributed by atoms with Crippen molar-refractivity contribution in [3.63, 3.8) is 0 Å². The highest BCUT2D eigenvalue weighted by Gasteiger charge is 2.68. The summed E-state index contributed by atoms with van der Waals surface area (Å²) in [6.07, 6.45) is 3.96. The predicted molar refractivity (Wildman–Crippen MR) is 121 cm³/mol. The predicted octanol–water partition coefficient (Wildman–Crippen LogP) is 3.78. The van der Waals surface area contributed by atoms with Crippen molar-refractivity contribution in [2.24, 2.45) is 52.3 Å². The molecule has 5 heteroatoms. The van der Waals surface area contributed by atoms with Crippen LogP contribution in [0.3, 0.4) is 0 Å². The largest absolute Gasteiger partial charge is 0.393 e. The number of ether oxygens (including phenoxy) is 1. The van der Waals surface area contributed by atoms with Crippen LogP contribution in [0.15, 0.2) is 0 Å². The summed E-state index contributed by atoms with van der Waals surface area (Å²) in [7, 11) is 0. The van der Waals surface area contributed by atoms with E-state index in [1.54, 1.807) is 0 Å². The summed E-state index contributed by atoms with van der Waals surface area (Å²) in [5.74, 6) is 1.67. The second-order valence-electron chi connectivity index (χ2n) is 12.9. The number of carbonyl (C=O) groups excluding carboxylic acids is 2. The molecular weight excluding hydrogens is 404 g/mol. The summed E-state index contributed by atoms with van der Waals surface area (Å²) < 4.78 is 6.50. The Labute approximate surface area is 192 Å². The third kappa shape index (κ3) is 3.13. The van der Waals surface area contributed by atoms with E-state index in [4.69, 9.17) is 4.74 Å². The average molecular weight is 447 g/mol. The standard InChI is InChI=1S/C27H42O5/c1-13(2)25(31)22-8-14(3)23-21(32-22)11-17-16-10-19(29)18-9-15(28)6-7-26(18,4)24(16)20(30)12-27(17,23)5/h13-18,20-24,28,30H,6-12H2,1-5H3/t14-,15+,16+,17+,18-,20-,21+,22?,23+,24-,26+,27+/m1/s1. The maximum absolute atomic E-state index is 13.4. The number of hydrogen-bond acceptors (Lipinski definition) is 5.